The summed E-state index contributed by atoms with van der Waals surface area (Å²) in [5.41, 5.74) is 2.56. The summed E-state index contributed by atoms with van der Waals surface area (Å²) in [7, 11) is 0. The Morgan fingerprint density at radius 1 is 1.29 bits per heavy atom. The van der Waals surface area contributed by atoms with E-state index >= 15 is 0 Å². The third kappa shape index (κ3) is 3.88. The fourth-order valence-electron chi connectivity index (χ4n) is 3.68. The lowest BCUT2D eigenvalue weighted by Gasteiger charge is -2.20. The Labute approximate surface area is 162 Å². The van der Waals surface area contributed by atoms with Crippen LogP contribution in [0.3, 0.4) is 0 Å². The fraction of sp³-hybridized carbons (Fsp3) is 0.476. The van der Waals surface area contributed by atoms with Gasteiger partial charge in [0.05, 0.1) is 5.39 Å². The smallest absolute Gasteiger partial charge is 0.339 e. The van der Waals surface area contributed by atoms with Gasteiger partial charge in [0.15, 0.2) is 6.10 Å². The highest BCUT2D eigenvalue weighted by Gasteiger charge is 2.26. The highest BCUT2D eigenvalue weighted by molar-refractivity contribution is 5.90. The molecule has 2 aromatic rings. The van der Waals surface area contributed by atoms with Crippen LogP contribution < -0.4 is 15.7 Å². The minimum absolute atomic E-state index is 0.314. The molecule has 0 aliphatic heterocycles. The molecule has 1 aliphatic carbocycles. The lowest BCUT2D eigenvalue weighted by molar-refractivity contribution is -0.143. The van der Waals surface area contributed by atoms with Gasteiger partial charge in [-0.2, -0.15) is 0 Å². The maximum atomic E-state index is 12.5. The van der Waals surface area contributed by atoms with Crippen molar-refractivity contribution in [1.29, 1.82) is 0 Å². The van der Waals surface area contributed by atoms with Gasteiger partial charge in [-0.3, -0.25) is 4.79 Å². The standard InChI is InChI=1S/C21H25NO6/c1-4-6-15(20(24)25)22-19(23)12(3)27-16-9-11(2)10-17-18(16)13-7-5-8-14(13)21(26)28-17/h9-10,12,15H,4-8H2,1-3H3,(H,22,23)(H,24,25). The number of rotatable bonds is 7. The van der Waals surface area contributed by atoms with Crippen molar-refractivity contribution in [2.75, 3.05) is 0 Å². The van der Waals surface area contributed by atoms with Crippen LogP contribution in [0.15, 0.2) is 21.3 Å². The zero-order valence-electron chi connectivity index (χ0n) is 16.3. The van der Waals surface area contributed by atoms with E-state index in [1.54, 1.807) is 13.0 Å². The van der Waals surface area contributed by atoms with Crippen LogP contribution in [-0.4, -0.2) is 29.1 Å². The topological polar surface area (TPSA) is 106 Å². The summed E-state index contributed by atoms with van der Waals surface area (Å²) in [6, 6.07) is 2.65. The molecule has 0 radical (unpaired) electrons. The normalized spacial score (nSPS) is 15.1. The van der Waals surface area contributed by atoms with Gasteiger partial charge in [-0.05, 0) is 62.8 Å². The van der Waals surface area contributed by atoms with Crippen LogP contribution >= 0.6 is 0 Å². The first-order chi connectivity index (χ1) is 13.3. The monoisotopic (exact) mass is 387 g/mol. The van der Waals surface area contributed by atoms with Crippen molar-refractivity contribution in [3.8, 4) is 5.75 Å². The number of hydrogen-bond donors (Lipinski definition) is 2. The van der Waals surface area contributed by atoms with E-state index in [-0.39, 0.29) is 5.63 Å². The van der Waals surface area contributed by atoms with Crippen molar-refractivity contribution in [2.24, 2.45) is 0 Å². The van der Waals surface area contributed by atoms with Crippen molar-refractivity contribution in [2.45, 2.75) is 65.0 Å². The van der Waals surface area contributed by atoms with Crippen LogP contribution in [-0.2, 0) is 22.4 Å². The number of carboxylic acids is 1. The predicted octanol–water partition coefficient (Wildman–Crippen LogP) is 2.73. The van der Waals surface area contributed by atoms with E-state index in [0.29, 0.717) is 36.2 Å². The summed E-state index contributed by atoms with van der Waals surface area (Å²) in [6.07, 6.45) is 2.40. The van der Waals surface area contributed by atoms with E-state index in [2.05, 4.69) is 5.32 Å². The van der Waals surface area contributed by atoms with E-state index < -0.39 is 24.0 Å². The second-order valence-electron chi connectivity index (χ2n) is 7.28. The maximum absolute atomic E-state index is 12.5. The molecular weight excluding hydrogens is 362 g/mol. The second kappa shape index (κ2) is 8.04. The highest BCUT2D eigenvalue weighted by Crippen LogP contribution is 2.35. The van der Waals surface area contributed by atoms with Gasteiger partial charge < -0.3 is 19.6 Å². The number of carboxylic acid groups (broad SMARTS) is 1. The van der Waals surface area contributed by atoms with Crippen molar-refractivity contribution in [3.05, 3.63) is 39.2 Å². The molecular formula is C21H25NO6. The molecule has 150 valence electrons. The summed E-state index contributed by atoms with van der Waals surface area (Å²) in [5.74, 6) is -1.09. The predicted molar refractivity (Wildman–Crippen MR) is 104 cm³/mol. The Bertz CT molecular complexity index is 977. The molecule has 1 aromatic heterocycles. The number of carbonyl (C=O) groups is 2. The quantitative estimate of drug-likeness (QED) is 0.708. The number of fused-ring (bicyclic) bond motifs is 3. The summed E-state index contributed by atoms with van der Waals surface area (Å²) in [5, 5.41) is 12.5. The second-order valence-corrected chi connectivity index (χ2v) is 7.28. The minimum atomic E-state index is -1.07. The molecule has 1 aliphatic rings. The number of aryl methyl sites for hydroxylation is 2. The van der Waals surface area contributed by atoms with E-state index in [9.17, 15) is 19.5 Å². The number of amides is 1. The zero-order chi connectivity index (χ0) is 20.4. The molecule has 28 heavy (non-hydrogen) atoms. The molecule has 0 saturated carbocycles. The van der Waals surface area contributed by atoms with Gasteiger partial charge in [-0.25, -0.2) is 9.59 Å². The Morgan fingerprint density at radius 3 is 2.68 bits per heavy atom. The number of nitrogens with one attached hydrogen (secondary N) is 1. The number of carbonyl (C=O) groups excluding carboxylic acids is 1. The van der Waals surface area contributed by atoms with Crippen LogP contribution in [0, 0.1) is 6.92 Å². The third-order valence-corrected chi connectivity index (χ3v) is 5.04. The average molecular weight is 387 g/mol. The van der Waals surface area contributed by atoms with Crippen LogP contribution in [0.1, 0.15) is 49.8 Å². The summed E-state index contributed by atoms with van der Waals surface area (Å²) >= 11 is 0. The minimum Gasteiger partial charge on any atom is -0.480 e. The van der Waals surface area contributed by atoms with Crippen LogP contribution in [0.2, 0.25) is 0 Å². The fourth-order valence-corrected chi connectivity index (χ4v) is 3.68. The summed E-state index contributed by atoms with van der Waals surface area (Å²) in [6.45, 7) is 5.29. The molecule has 0 bridgehead atoms. The van der Waals surface area contributed by atoms with E-state index in [1.807, 2.05) is 19.9 Å². The molecule has 7 heteroatoms. The molecule has 0 saturated heterocycles. The summed E-state index contributed by atoms with van der Waals surface area (Å²) < 4.78 is 11.4. The molecule has 0 fully saturated rings. The third-order valence-electron chi connectivity index (χ3n) is 5.04. The SMILES string of the molecule is CCCC(NC(=O)C(C)Oc1cc(C)cc2oc(=O)c3c(c12)CCC3)C(=O)O. The molecule has 1 heterocycles. The number of benzene rings is 1. The van der Waals surface area contributed by atoms with Gasteiger partial charge in [0, 0.05) is 5.56 Å². The van der Waals surface area contributed by atoms with Crippen molar-refractivity contribution >= 4 is 22.8 Å². The molecule has 1 aromatic carbocycles. The average Bonchev–Trinajstić information content (AvgIpc) is 3.10. The molecule has 2 unspecified atom stereocenters. The number of aliphatic carboxylic acids is 1. The van der Waals surface area contributed by atoms with Gasteiger partial charge in [0.1, 0.15) is 17.4 Å². The van der Waals surface area contributed by atoms with Crippen molar-refractivity contribution < 1.29 is 23.8 Å². The van der Waals surface area contributed by atoms with E-state index in [1.165, 1.54) is 0 Å². The maximum Gasteiger partial charge on any atom is 0.339 e. The highest BCUT2D eigenvalue weighted by atomic mass is 16.5. The van der Waals surface area contributed by atoms with Gasteiger partial charge in [-0.1, -0.05) is 13.3 Å². The molecule has 1 amide bonds. The lowest BCUT2D eigenvalue weighted by atomic mass is 10.0. The van der Waals surface area contributed by atoms with E-state index in [0.717, 1.165) is 29.4 Å². The summed E-state index contributed by atoms with van der Waals surface area (Å²) in [4.78, 5) is 36.0. The van der Waals surface area contributed by atoms with Gasteiger partial charge in [0.2, 0.25) is 0 Å². The van der Waals surface area contributed by atoms with Crippen molar-refractivity contribution in [3.63, 3.8) is 0 Å². The van der Waals surface area contributed by atoms with Crippen LogP contribution in [0.25, 0.3) is 11.0 Å². The van der Waals surface area contributed by atoms with Crippen LogP contribution in [0.4, 0.5) is 0 Å². The van der Waals surface area contributed by atoms with Gasteiger partial charge in [0.25, 0.3) is 5.91 Å². The number of hydrogen-bond acceptors (Lipinski definition) is 5. The first kappa shape index (κ1) is 19.9. The molecule has 2 N–H and O–H groups in total. The van der Waals surface area contributed by atoms with Crippen molar-refractivity contribution in [1.82, 2.24) is 5.32 Å². The Hall–Kier alpha value is -2.83. The molecule has 2 atom stereocenters. The van der Waals surface area contributed by atoms with Crippen LogP contribution in [0.5, 0.6) is 5.75 Å². The molecule has 3 rings (SSSR count). The first-order valence-corrected chi connectivity index (χ1v) is 9.60. The molecule has 0 spiro atoms. The van der Waals surface area contributed by atoms with E-state index in [4.69, 9.17) is 9.15 Å². The Balaban J connectivity index is 1.91. The number of ether oxygens (including phenoxy) is 1. The first-order valence-electron chi connectivity index (χ1n) is 9.60. The zero-order valence-corrected chi connectivity index (χ0v) is 16.3. The van der Waals surface area contributed by atoms with Gasteiger partial charge in [-0.15, -0.1) is 0 Å². The molecule has 7 nitrogen and oxygen atoms in total. The Morgan fingerprint density at radius 2 is 2.00 bits per heavy atom. The lowest BCUT2D eigenvalue weighted by Crippen LogP contribution is -2.46. The Kier molecular flexibility index (Phi) is 5.72. The van der Waals surface area contributed by atoms with Gasteiger partial charge >= 0.3 is 11.6 Å². The largest absolute Gasteiger partial charge is 0.480 e.